The summed E-state index contributed by atoms with van der Waals surface area (Å²) < 4.78 is 7.13. The van der Waals surface area contributed by atoms with Gasteiger partial charge in [0.05, 0.1) is 26.6 Å². The maximum Gasteiger partial charge on any atom is 0.257 e. The number of likely N-dealkylation sites (tertiary alicyclic amines) is 1. The largest absolute Gasteiger partial charge is 0.419 e. The molecule has 4 aromatic rings. The molecule has 1 atom stereocenters. The van der Waals surface area contributed by atoms with E-state index in [1.54, 1.807) is 11.3 Å². The molecule has 1 aliphatic heterocycles. The number of hydrogen-bond acceptors (Lipinski definition) is 7. The van der Waals surface area contributed by atoms with Crippen LogP contribution >= 0.6 is 22.7 Å². The molecule has 5 rings (SSSR count). The number of benzene rings is 1. The van der Waals surface area contributed by atoms with E-state index in [2.05, 4.69) is 39.4 Å². The van der Waals surface area contributed by atoms with E-state index in [1.165, 1.54) is 22.5 Å². The molecule has 0 aliphatic carbocycles. The van der Waals surface area contributed by atoms with Crippen LogP contribution in [0.1, 0.15) is 29.7 Å². The summed E-state index contributed by atoms with van der Waals surface area (Å²) in [5.74, 6) is 1.80. The highest BCUT2D eigenvalue weighted by molar-refractivity contribution is 7.18. The molecule has 1 aliphatic rings. The topological polar surface area (TPSA) is 55.1 Å². The Morgan fingerprint density at radius 2 is 2.12 bits per heavy atom. The van der Waals surface area contributed by atoms with Gasteiger partial charge < -0.3 is 4.42 Å². The summed E-state index contributed by atoms with van der Waals surface area (Å²) >= 11 is 3.44. The molecule has 4 heterocycles. The van der Waals surface area contributed by atoms with Crippen molar-refractivity contribution in [2.45, 2.75) is 25.3 Å². The highest BCUT2D eigenvalue weighted by Crippen LogP contribution is 2.33. The van der Waals surface area contributed by atoms with Gasteiger partial charge in [0.15, 0.2) is 0 Å². The average molecular weight is 383 g/mol. The third-order valence-electron chi connectivity index (χ3n) is 4.72. The number of piperidine rings is 1. The monoisotopic (exact) mass is 382 g/mol. The first kappa shape index (κ1) is 16.1. The van der Waals surface area contributed by atoms with Crippen molar-refractivity contribution in [1.82, 2.24) is 20.1 Å². The number of para-hydroxylation sites is 1. The minimum absolute atomic E-state index is 0.487. The van der Waals surface area contributed by atoms with Crippen LogP contribution in [0.2, 0.25) is 0 Å². The van der Waals surface area contributed by atoms with Crippen LogP contribution in [0.3, 0.4) is 0 Å². The molecule has 0 N–H and O–H groups in total. The van der Waals surface area contributed by atoms with E-state index in [0.29, 0.717) is 24.2 Å². The Hall–Kier alpha value is -2.09. The van der Waals surface area contributed by atoms with Gasteiger partial charge in [0, 0.05) is 12.5 Å². The van der Waals surface area contributed by atoms with Gasteiger partial charge in [-0.1, -0.05) is 18.2 Å². The quantitative estimate of drug-likeness (QED) is 0.508. The second-order valence-electron chi connectivity index (χ2n) is 6.57. The lowest BCUT2D eigenvalue weighted by Crippen LogP contribution is -2.33. The van der Waals surface area contributed by atoms with Gasteiger partial charge in [0.1, 0.15) is 0 Å². The number of rotatable bonds is 4. The van der Waals surface area contributed by atoms with Gasteiger partial charge in [0.2, 0.25) is 5.89 Å². The normalized spacial score (nSPS) is 18.5. The third kappa shape index (κ3) is 3.18. The summed E-state index contributed by atoms with van der Waals surface area (Å²) in [7, 11) is 0. The Kier molecular flexibility index (Phi) is 4.28. The summed E-state index contributed by atoms with van der Waals surface area (Å²) in [5.41, 5.74) is 1.11. The summed E-state index contributed by atoms with van der Waals surface area (Å²) in [6.07, 6.45) is 2.37. The van der Waals surface area contributed by atoms with Crippen molar-refractivity contribution in [1.29, 1.82) is 0 Å². The minimum atomic E-state index is 0.487. The van der Waals surface area contributed by atoms with E-state index in [9.17, 15) is 0 Å². The smallest absolute Gasteiger partial charge is 0.257 e. The van der Waals surface area contributed by atoms with Crippen LogP contribution in [0.15, 0.2) is 46.2 Å². The van der Waals surface area contributed by atoms with E-state index < -0.39 is 0 Å². The predicted molar refractivity (Wildman–Crippen MR) is 104 cm³/mol. The molecule has 0 amide bonds. The van der Waals surface area contributed by atoms with E-state index >= 15 is 0 Å². The Bertz CT molecular complexity index is 975. The number of fused-ring (bicyclic) bond motifs is 1. The van der Waals surface area contributed by atoms with Crippen LogP contribution in [0.4, 0.5) is 0 Å². The van der Waals surface area contributed by atoms with Gasteiger partial charge in [0.25, 0.3) is 5.89 Å². The average Bonchev–Trinajstić information content (AvgIpc) is 3.41. The summed E-state index contributed by atoms with van der Waals surface area (Å²) in [6.45, 7) is 2.77. The zero-order valence-electron chi connectivity index (χ0n) is 14.2. The summed E-state index contributed by atoms with van der Waals surface area (Å²) in [6, 6.07) is 12.4. The fourth-order valence-electron chi connectivity index (χ4n) is 3.47. The lowest BCUT2D eigenvalue weighted by Gasteiger charge is -2.30. The maximum atomic E-state index is 5.85. The first-order valence-electron chi connectivity index (χ1n) is 8.79. The molecule has 1 fully saturated rings. The van der Waals surface area contributed by atoms with E-state index in [-0.39, 0.29) is 0 Å². The highest BCUT2D eigenvalue weighted by atomic mass is 32.1. The van der Waals surface area contributed by atoms with E-state index in [4.69, 9.17) is 9.40 Å². The van der Waals surface area contributed by atoms with Crippen LogP contribution in [-0.4, -0.2) is 33.2 Å². The molecule has 132 valence electrons. The second kappa shape index (κ2) is 6.90. The molecule has 0 bridgehead atoms. The number of thiophene rings is 1. The van der Waals surface area contributed by atoms with Crippen LogP contribution in [-0.2, 0) is 6.54 Å². The fraction of sp³-hybridized carbons (Fsp3) is 0.316. The predicted octanol–water partition coefficient (Wildman–Crippen LogP) is 4.79. The number of nitrogens with zero attached hydrogens (tertiary/aromatic N) is 4. The van der Waals surface area contributed by atoms with Gasteiger partial charge in [-0.15, -0.1) is 32.9 Å². The molecule has 1 aromatic carbocycles. The third-order valence-corrected chi connectivity index (χ3v) is 6.78. The number of hydrogen-bond donors (Lipinski definition) is 0. The molecule has 7 heteroatoms. The zero-order valence-corrected chi connectivity index (χ0v) is 15.8. The Labute approximate surface area is 159 Å². The zero-order chi connectivity index (χ0) is 17.3. The maximum absolute atomic E-state index is 5.85. The van der Waals surface area contributed by atoms with Crippen molar-refractivity contribution in [3.8, 4) is 10.8 Å². The van der Waals surface area contributed by atoms with Crippen molar-refractivity contribution in [3.05, 3.63) is 52.7 Å². The van der Waals surface area contributed by atoms with Gasteiger partial charge in [-0.3, -0.25) is 4.90 Å². The molecular weight excluding hydrogens is 364 g/mol. The lowest BCUT2D eigenvalue weighted by atomic mass is 9.99. The Balaban J connectivity index is 1.30. The van der Waals surface area contributed by atoms with Crippen molar-refractivity contribution in [3.63, 3.8) is 0 Å². The van der Waals surface area contributed by atoms with Crippen LogP contribution in [0, 0.1) is 0 Å². The molecule has 5 nitrogen and oxygen atoms in total. The van der Waals surface area contributed by atoms with Crippen LogP contribution < -0.4 is 0 Å². The minimum Gasteiger partial charge on any atom is -0.419 e. The van der Waals surface area contributed by atoms with Gasteiger partial charge in [-0.25, -0.2) is 4.98 Å². The van der Waals surface area contributed by atoms with Crippen molar-refractivity contribution >= 4 is 32.9 Å². The van der Waals surface area contributed by atoms with E-state index in [1.807, 2.05) is 28.8 Å². The van der Waals surface area contributed by atoms with Gasteiger partial charge in [-0.05, 0) is 43.0 Å². The molecule has 1 saturated heterocycles. The summed E-state index contributed by atoms with van der Waals surface area (Å²) in [4.78, 5) is 8.29. The van der Waals surface area contributed by atoms with Crippen molar-refractivity contribution in [2.75, 3.05) is 13.1 Å². The SMILES string of the molecule is c1csc(-c2nnc(CN3CCC[C@H](c4nc5ccccc5s4)C3)o2)c1. The second-order valence-corrected chi connectivity index (χ2v) is 8.58. The molecule has 0 spiro atoms. The molecule has 26 heavy (non-hydrogen) atoms. The van der Waals surface area contributed by atoms with Crippen LogP contribution in [0.5, 0.6) is 0 Å². The molecule has 3 aromatic heterocycles. The fourth-order valence-corrected chi connectivity index (χ4v) is 5.21. The van der Waals surface area contributed by atoms with Gasteiger partial charge in [-0.2, -0.15) is 0 Å². The molecular formula is C19H18N4OS2. The van der Waals surface area contributed by atoms with Crippen LogP contribution in [0.25, 0.3) is 21.0 Å². The number of aromatic nitrogens is 3. The highest BCUT2D eigenvalue weighted by Gasteiger charge is 2.25. The Morgan fingerprint density at radius 3 is 3.00 bits per heavy atom. The van der Waals surface area contributed by atoms with Crippen molar-refractivity contribution in [2.24, 2.45) is 0 Å². The summed E-state index contributed by atoms with van der Waals surface area (Å²) in [5, 5.41) is 11.7. The lowest BCUT2D eigenvalue weighted by molar-refractivity contribution is 0.184. The van der Waals surface area contributed by atoms with Gasteiger partial charge >= 0.3 is 0 Å². The molecule has 0 unspecified atom stereocenters. The van der Waals surface area contributed by atoms with E-state index in [0.717, 1.165) is 23.5 Å². The first-order chi connectivity index (χ1) is 12.8. The Morgan fingerprint density at radius 1 is 1.15 bits per heavy atom. The van der Waals surface area contributed by atoms with Crippen molar-refractivity contribution < 1.29 is 4.42 Å². The number of thiazole rings is 1. The first-order valence-corrected chi connectivity index (χ1v) is 10.5. The molecule has 0 radical (unpaired) electrons. The molecule has 0 saturated carbocycles. The standard InChI is InChI=1S/C19H18N4OS2/c1-2-7-15-14(6-1)20-19(26-15)13-5-3-9-23(11-13)12-17-21-22-18(24-17)16-8-4-10-25-16/h1-2,4,6-8,10,13H,3,5,9,11-12H2/t13-/m0/s1.